The van der Waals surface area contributed by atoms with E-state index in [0.717, 1.165) is 23.3 Å². The second-order valence-electron chi connectivity index (χ2n) is 4.70. The predicted molar refractivity (Wildman–Crippen MR) is 71.9 cm³/mol. The number of oxazole rings is 1. The lowest BCUT2D eigenvalue weighted by molar-refractivity contribution is 0.201. The van der Waals surface area contributed by atoms with Crippen LogP contribution in [0.5, 0.6) is 5.75 Å². The number of benzene rings is 2. The summed E-state index contributed by atoms with van der Waals surface area (Å²) < 4.78 is 11.6. The lowest BCUT2D eigenvalue weighted by Crippen LogP contribution is -2.03. The van der Waals surface area contributed by atoms with Crippen molar-refractivity contribution in [3.05, 3.63) is 53.9 Å². The van der Waals surface area contributed by atoms with E-state index in [9.17, 15) is 0 Å². The summed E-state index contributed by atoms with van der Waals surface area (Å²) in [6.07, 6.45) is 0.643. The maximum Gasteiger partial charge on any atom is 0.237 e. The fraction of sp³-hybridized carbons (Fsp3) is 0.133. The number of ether oxygens (including phenoxy) is 1. The Hall–Kier alpha value is -2.49. The molecule has 0 amide bonds. The molecule has 0 saturated heterocycles. The minimum atomic E-state index is -0.147. The molecule has 4 nitrogen and oxygen atoms in total. The Kier molecular flexibility index (Phi) is 2.06. The van der Waals surface area contributed by atoms with Gasteiger partial charge in [0, 0.05) is 12.1 Å². The van der Waals surface area contributed by atoms with Crippen molar-refractivity contribution in [2.75, 3.05) is 5.73 Å². The molecule has 2 heterocycles. The summed E-state index contributed by atoms with van der Waals surface area (Å²) in [7, 11) is 0. The van der Waals surface area contributed by atoms with Gasteiger partial charge in [0.15, 0.2) is 11.7 Å². The summed E-state index contributed by atoms with van der Waals surface area (Å²) >= 11 is 0. The van der Waals surface area contributed by atoms with Gasteiger partial charge in [-0.2, -0.15) is 0 Å². The third-order valence-electron chi connectivity index (χ3n) is 3.35. The highest BCUT2D eigenvalue weighted by Gasteiger charge is 2.28. The Morgan fingerprint density at radius 1 is 1.16 bits per heavy atom. The summed E-state index contributed by atoms with van der Waals surface area (Å²) in [6.45, 7) is 0. The van der Waals surface area contributed by atoms with Gasteiger partial charge in [-0.25, -0.2) is 4.98 Å². The van der Waals surface area contributed by atoms with Crippen molar-refractivity contribution in [3.8, 4) is 5.75 Å². The first kappa shape index (κ1) is 10.4. The molecule has 4 heteroatoms. The van der Waals surface area contributed by atoms with E-state index in [1.165, 1.54) is 5.56 Å². The molecule has 0 spiro atoms. The van der Waals surface area contributed by atoms with E-state index >= 15 is 0 Å². The molecule has 1 aliphatic heterocycles. The van der Waals surface area contributed by atoms with Crippen molar-refractivity contribution >= 4 is 16.8 Å². The average molecular weight is 252 g/mol. The van der Waals surface area contributed by atoms with Crippen LogP contribution in [0.3, 0.4) is 0 Å². The van der Waals surface area contributed by atoms with Crippen molar-refractivity contribution < 1.29 is 9.15 Å². The zero-order chi connectivity index (χ0) is 12.8. The normalized spacial score (nSPS) is 17.4. The predicted octanol–water partition coefficient (Wildman–Crippen LogP) is 3.09. The molecule has 0 saturated carbocycles. The minimum absolute atomic E-state index is 0.147. The van der Waals surface area contributed by atoms with Gasteiger partial charge in [-0.3, -0.25) is 0 Å². The van der Waals surface area contributed by atoms with Gasteiger partial charge in [0.05, 0.1) is 0 Å². The van der Waals surface area contributed by atoms with E-state index < -0.39 is 0 Å². The van der Waals surface area contributed by atoms with Gasteiger partial charge in [0.25, 0.3) is 0 Å². The van der Waals surface area contributed by atoms with Crippen molar-refractivity contribution in [2.24, 2.45) is 0 Å². The third kappa shape index (κ3) is 1.64. The van der Waals surface area contributed by atoms with E-state index in [4.69, 9.17) is 14.9 Å². The van der Waals surface area contributed by atoms with Crippen LogP contribution in [-0.4, -0.2) is 4.98 Å². The molecule has 2 aromatic carbocycles. The highest BCUT2D eigenvalue weighted by Crippen LogP contribution is 2.36. The van der Waals surface area contributed by atoms with Crippen LogP contribution in [0.2, 0.25) is 0 Å². The summed E-state index contributed by atoms with van der Waals surface area (Å²) in [5.41, 5.74) is 9.13. The largest absolute Gasteiger partial charge is 0.480 e. The molecule has 2 N–H and O–H groups in total. The zero-order valence-corrected chi connectivity index (χ0v) is 10.2. The number of rotatable bonds is 1. The van der Waals surface area contributed by atoms with E-state index in [-0.39, 0.29) is 6.10 Å². The Morgan fingerprint density at radius 3 is 2.95 bits per heavy atom. The van der Waals surface area contributed by atoms with Gasteiger partial charge in [-0.05, 0) is 29.8 Å². The number of fused-ring (bicyclic) bond motifs is 2. The molecule has 0 fully saturated rings. The second kappa shape index (κ2) is 3.75. The molecule has 0 radical (unpaired) electrons. The topological polar surface area (TPSA) is 61.3 Å². The fourth-order valence-electron chi connectivity index (χ4n) is 2.42. The van der Waals surface area contributed by atoms with Crippen LogP contribution < -0.4 is 10.5 Å². The number of para-hydroxylation sites is 1. The fourth-order valence-corrected chi connectivity index (χ4v) is 2.42. The van der Waals surface area contributed by atoms with Gasteiger partial charge in [-0.1, -0.05) is 18.2 Å². The number of nitrogen functional groups attached to an aromatic ring is 1. The van der Waals surface area contributed by atoms with Crippen LogP contribution in [0.4, 0.5) is 5.69 Å². The number of anilines is 1. The van der Waals surface area contributed by atoms with Crippen LogP contribution >= 0.6 is 0 Å². The van der Waals surface area contributed by atoms with E-state index in [1.54, 1.807) is 0 Å². The molecule has 0 bridgehead atoms. The Bertz CT molecular complexity index is 739. The molecule has 1 aromatic heterocycles. The van der Waals surface area contributed by atoms with Crippen LogP contribution in [-0.2, 0) is 6.42 Å². The summed E-state index contributed by atoms with van der Waals surface area (Å²) in [5, 5.41) is 0. The molecule has 4 rings (SSSR count). The molecule has 1 unspecified atom stereocenters. The van der Waals surface area contributed by atoms with E-state index in [2.05, 4.69) is 11.1 Å². The highest BCUT2D eigenvalue weighted by atomic mass is 16.5. The van der Waals surface area contributed by atoms with Crippen molar-refractivity contribution in [2.45, 2.75) is 12.5 Å². The van der Waals surface area contributed by atoms with Crippen molar-refractivity contribution in [1.29, 1.82) is 0 Å². The van der Waals surface area contributed by atoms with Crippen LogP contribution in [0.15, 0.2) is 46.9 Å². The molecular formula is C15H12N2O2. The standard InChI is InChI=1S/C15H12N2O2/c16-10-5-6-13-11(8-10)17-15(19-13)14-7-9-3-1-2-4-12(9)18-14/h1-6,8,14H,7,16H2. The SMILES string of the molecule is Nc1ccc2oc(C3Cc4ccccc4O3)nc2c1. The maximum absolute atomic E-state index is 5.87. The Balaban J connectivity index is 1.73. The lowest BCUT2D eigenvalue weighted by atomic mass is 10.1. The van der Waals surface area contributed by atoms with Gasteiger partial charge >= 0.3 is 0 Å². The molecule has 1 atom stereocenters. The van der Waals surface area contributed by atoms with Gasteiger partial charge < -0.3 is 14.9 Å². The number of hydrogen-bond acceptors (Lipinski definition) is 4. The van der Waals surface area contributed by atoms with E-state index in [1.807, 2.05) is 36.4 Å². The van der Waals surface area contributed by atoms with Crippen LogP contribution in [0, 0.1) is 0 Å². The summed E-state index contributed by atoms with van der Waals surface area (Å²) in [4.78, 5) is 4.47. The molecule has 3 aromatic rings. The molecule has 0 aliphatic carbocycles. The number of nitrogens with zero attached hydrogens (tertiary/aromatic N) is 1. The average Bonchev–Trinajstić information content (AvgIpc) is 3.00. The molecule has 19 heavy (non-hydrogen) atoms. The van der Waals surface area contributed by atoms with Gasteiger partial charge in [-0.15, -0.1) is 0 Å². The summed E-state index contributed by atoms with van der Waals surface area (Å²) in [6, 6.07) is 13.5. The first-order chi connectivity index (χ1) is 9.29. The van der Waals surface area contributed by atoms with Gasteiger partial charge in [0.2, 0.25) is 5.89 Å². The zero-order valence-electron chi connectivity index (χ0n) is 10.2. The molecule has 1 aliphatic rings. The Labute approximate surface area is 109 Å². The number of nitrogens with two attached hydrogens (primary N) is 1. The molecular weight excluding hydrogens is 240 g/mol. The highest BCUT2D eigenvalue weighted by molar-refractivity contribution is 5.76. The number of hydrogen-bond donors (Lipinski definition) is 1. The van der Waals surface area contributed by atoms with Crippen molar-refractivity contribution in [3.63, 3.8) is 0 Å². The first-order valence-corrected chi connectivity index (χ1v) is 6.20. The first-order valence-electron chi connectivity index (χ1n) is 6.20. The molecule has 94 valence electrons. The lowest BCUT2D eigenvalue weighted by Gasteiger charge is -2.04. The van der Waals surface area contributed by atoms with Gasteiger partial charge in [0.1, 0.15) is 11.3 Å². The smallest absolute Gasteiger partial charge is 0.237 e. The van der Waals surface area contributed by atoms with Crippen LogP contribution in [0.25, 0.3) is 11.1 Å². The second-order valence-corrected chi connectivity index (χ2v) is 4.70. The maximum atomic E-state index is 5.87. The number of aromatic nitrogens is 1. The summed E-state index contributed by atoms with van der Waals surface area (Å²) in [5.74, 6) is 1.52. The van der Waals surface area contributed by atoms with Crippen molar-refractivity contribution in [1.82, 2.24) is 4.98 Å². The third-order valence-corrected chi connectivity index (χ3v) is 3.35. The Morgan fingerprint density at radius 2 is 2.05 bits per heavy atom. The minimum Gasteiger partial charge on any atom is -0.480 e. The monoisotopic (exact) mass is 252 g/mol. The van der Waals surface area contributed by atoms with E-state index in [0.29, 0.717) is 11.6 Å². The van der Waals surface area contributed by atoms with Crippen LogP contribution in [0.1, 0.15) is 17.6 Å². The quantitative estimate of drug-likeness (QED) is 0.676.